The highest BCUT2D eigenvalue weighted by Gasteiger charge is 2.07. The Kier molecular flexibility index (Phi) is 4.35. The third-order valence-electron chi connectivity index (χ3n) is 3.00. The molecule has 0 spiro atoms. The van der Waals surface area contributed by atoms with E-state index in [1.54, 1.807) is 25.3 Å². The van der Waals surface area contributed by atoms with Crippen LogP contribution in [0.25, 0.3) is 0 Å². The van der Waals surface area contributed by atoms with Crippen molar-refractivity contribution in [3.8, 4) is 5.75 Å². The number of aryl methyl sites for hydroxylation is 1. The zero-order valence-corrected chi connectivity index (χ0v) is 11.4. The van der Waals surface area contributed by atoms with Gasteiger partial charge in [-0.05, 0) is 42.3 Å². The Morgan fingerprint density at radius 2 is 1.90 bits per heavy atom. The molecule has 0 saturated carbocycles. The highest BCUT2D eigenvalue weighted by molar-refractivity contribution is 5.92. The molecular formula is C16H16FNO2. The third-order valence-corrected chi connectivity index (χ3v) is 3.00. The van der Waals surface area contributed by atoms with Gasteiger partial charge in [0.15, 0.2) is 0 Å². The van der Waals surface area contributed by atoms with Crippen molar-refractivity contribution < 1.29 is 13.9 Å². The normalized spacial score (nSPS) is 10.2. The summed E-state index contributed by atoms with van der Waals surface area (Å²) in [4.78, 5) is 11.9. The van der Waals surface area contributed by atoms with E-state index in [4.69, 9.17) is 4.74 Å². The highest BCUT2D eigenvalue weighted by atomic mass is 19.1. The van der Waals surface area contributed by atoms with Crippen LogP contribution in [0.2, 0.25) is 0 Å². The minimum Gasteiger partial charge on any atom is -0.497 e. The van der Waals surface area contributed by atoms with E-state index in [0.29, 0.717) is 5.69 Å². The number of ether oxygens (including phenoxy) is 1. The number of halogens is 1. The standard InChI is InChI=1S/C16H16FNO2/c1-11-3-6-13(17)10-15(11)18-16(19)9-12-4-7-14(20-2)8-5-12/h3-8,10H,9H2,1-2H3,(H,18,19). The molecule has 0 atom stereocenters. The zero-order valence-electron chi connectivity index (χ0n) is 11.4. The lowest BCUT2D eigenvalue weighted by molar-refractivity contribution is -0.115. The summed E-state index contributed by atoms with van der Waals surface area (Å²) in [5.74, 6) is 0.203. The van der Waals surface area contributed by atoms with Crippen LogP contribution >= 0.6 is 0 Å². The summed E-state index contributed by atoms with van der Waals surface area (Å²) in [5, 5.41) is 2.72. The van der Waals surface area contributed by atoms with Gasteiger partial charge < -0.3 is 10.1 Å². The van der Waals surface area contributed by atoms with Gasteiger partial charge in [0.05, 0.1) is 13.5 Å². The minimum atomic E-state index is -0.365. The smallest absolute Gasteiger partial charge is 0.228 e. The van der Waals surface area contributed by atoms with Crippen molar-refractivity contribution in [1.82, 2.24) is 0 Å². The van der Waals surface area contributed by atoms with E-state index in [0.717, 1.165) is 16.9 Å². The van der Waals surface area contributed by atoms with E-state index in [2.05, 4.69) is 5.32 Å². The van der Waals surface area contributed by atoms with Crippen LogP contribution in [0, 0.1) is 12.7 Å². The minimum absolute atomic E-state index is 0.177. The first-order chi connectivity index (χ1) is 9.58. The summed E-state index contributed by atoms with van der Waals surface area (Å²) in [6.07, 6.45) is 0.236. The Balaban J connectivity index is 2.03. The maximum absolute atomic E-state index is 13.1. The van der Waals surface area contributed by atoms with Crippen LogP contribution in [0.1, 0.15) is 11.1 Å². The van der Waals surface area contributed by atoms with Crippen LogP contribution in [0.5, 0.6) is 5.75 Å². The van der Waals surface area contributed by atoms with Gasteiger partial charge in [0, 0.05) is 5.69 Å². The van der Waals surface area contributed by atoms with Crippen molar-refractivity contribution in [2.45, 2.75) is 13.3 Å². The average molecular weight is 273 g/mol. The molecule has 2 aromatic carbocycles. The molecular weight excluding hydrogens is 257 g/mol. The summed E-state index contributed by atoms with van der Waals surface area (Å²) in [6, 6.07) is 11.6. The highest BCUT2D eigenvalue weighted by Crippen LogP contribution is 2.17. The van der Waals surface area contributed by atoms with Crippen molar-refractivity contribution >= 4 is 11.6 Å². The van der Waals surface area contributed by atoms with Gasteiger partial charge in [-0.25, -0.2) is 4.39 Å². The fraction of sp³-hybridized carbons (Fsp3) is 0.188. The molecule has 104 valence electrons. The van der Waals surface area contributed by atoms with Crippen molar-refractivity contribution in [2.24, 2.45) is 0 Å². The summed E-state index contributed by atoms with van der Waals surface area (Å²) >= 11 is 0. The second kappa shape index (κ2) is 6.19. The number of carbonyl (C=O) groups excluding carboxylic acids is 1. The number of nitrogens with one attached hydrogen (secondary N) is 1. The van der Waals surface area contributed by atoms with Gasteiger partial charge in [-0.1, -0.05) is 18.2 Å². The molecule has 3 nitrogen and oxygen atoms in total. The van der Waals surface area contributed by atoms with Crippen LogP contribution in [0.3, 0.4) is 0 Å². The average Bonchev–Trinajstić information content (AvgIpc) is 2.43. The van der Waals surface area contributed by atoms with E-state index in [-0.39, 0.29) is 18.1 Å². The molecule has 4 heteroatoms. The molecule has 0 bridgehead atoms. The molecule has 0 aromatic heterocycles. The first kappa shape index (κ1) is 14.1. The van der Waals surface area contributed by atoms with E-state index in [1.807, 2.05) is 19.1 Å². The number of amides is 1. The lowest BCUT2D eigenvalue weighted by Crippen LogP contribution is -2.15. The van der Waals surface area contributed by atoms with Crippen molar-refractivity contribution in [2.75, 3.05) is 12.4 Å². The molecule has 2 rings (SSSR count). The largest absolute Gasteiger partial charge is 0.497 e. The fourth-order valence-electron chi connectivity index (χ4n) is 1.85. The Labute approximate surface area is 117 Å². The van der Waals surface area contributed by atoms with Gasteiger partial charge >= 0.3 is 0 Å². The quantitative estimate of drug-likeness (QED) is 0.928. The van der Waals surface area contributed by atoms with Crippen molar-refractivity contribution in [3.63, 3.8) is 0 Å². The second-order valence-electron chi connectivity index (χ2n) is 4.53. The van der Waals surface area contributed by atoms with Gasteiger partial charge in [-0.2, -0.15) is 0 Å². The summed E-state index contributed by atoms with van der Waals surface area (Å²) in [7, 11) is 1.59. The van der Waals surface area contributed by atoms with Gasteiger partial charge in [0.2, 0.25) is 5.91 Å². The third kappa shape index (κ3) is 3.57. The van der Waals surface area contributed by atoms with Gasteiger partial charge in [0.1, 0.15) is 11.6 Å². The SMILES string of the molecule is COc1ccc(CC(=O)Nc2cc(F)ccc2C)cc1. The van der Waals surface area contributed by atoms with E-state index in [9.17, 15) is 9.18 Å². The molecule has 0 saturated heterocycles. The Bertz CT molecular complexity index is 608. The molecule has 20 heavy (non-hydrogen) atoms. The number of anilines is 1. The fourth-order valence-corrected chi connectivity index (χ4v) is 1.85. The van der Waals surface area contributed by atoms with Crippen LogP contribution in [-0.2, 0) is 11.2 Å². The number of hydrogen-bond donors (Lipinski definition) is 1. The molecule has 0 aliphatic heterocycles. The lowest BCUT2D eigenvalue weighted by atomic mass is 10.1. The molecule has 0 aliphatic rings. The van der Waals surface area contributed by atoms with Gasteiger partial charge in [-0.15, -0.1) is 0 Å². The molecule has 0 heterocycles. The maximum Gasteiger partial charge on any atom is 0.228 e. The van der Waals surface area contributed by atoms with Crippen LogP contribution in [-0.4, -0.2) is 13.0 Å². The molecule has 0 aliphatic carbocycles. The Hall–Kier alpha value is -2.36. The van der Waals surface area contributed by atoms with Crippen LogP contribution in [0.4, 0.5) is 10.1 Å². The molecule has 1 N–H and O–H groups in total. The number of carbonyl (C=O) groups is 1. The zero-order chi connectivity index (χ0) is 14.5. The topological polar surface area (TPSA) is 38.3 Å². The van der Waals surface area contributed by atoms with Gasteiger partial charge in [0.25, 0.3) is 0 Å². The second-order valence-corrected chi connectivity index (χ2v) is 4.53. The van der Waals surface area contributed by atoms with Crippen LogP contribution < -0.4 is 10.1 Å². The monoisotopic (exact) mass is 273 g/mol. The van der Waals surface area contributed by atoms with Crippen molar-refractivity contribution in [3.05, 3.63) is 59.4 Å². The summed E-state index contributed by atoms with van der Waals surface area (Å²) in [6.45, 7) is 1.82. The van der Waals surface area contributed by atoms with E-state index >= 15 is 0 Å². The number of methoxy groups -OCH3 is 1. The molecule has 0 fully saturated rings. The number of hydrogen-bond acceptors (Lipinski definition) is 2. The van der Waals surface area contributed by atoms with Gasteiger partial charge in [-0.3, -0.25) is 4.79 Å². The maximum atomic E-state index is 13.1. The number of rotatable bonds is 4. The van der Waals surface area contributed by atoms with Crippen molar-refractivity contribution in [1.29, 1.82) is 0 Å². The molecule has 0 unspecified atom stereocenters. The molecule has 2 aromatic rings. The Morgan fingerprint density at radius 1 is 1.20 bits per heavy atom. The van der Waals surface area contributed by atoms with Crippen LogP contribution in [0.15, 0.2) is 42.5 Å². The first-order valence-electron chi connectivity index (χ1n) is 6.27. The lowest BCUT2D eigenvalue weighted by Gasteiger charge is -2.09. The predicted octanol–water partition coefficient (Wildman–Crippen LogP) is 3.32. The van der Waals surface area contributed by atoms with E-state index < -0.39 is 0 Å². The predicted molar refractivity (Wildman–Crippen MR) is 76.5 cm³/mol. The summed E-state index contributed by atoms with van der Waals surface area (Å²) in [5.41, 5.74) is 2.20. The Morgan fingerprint density at radius 3 is 2.55 bits per heavy atom. The number of benzene rings is 2. The summed E-state index contributed by atoms with van der Waals surface area (Å²) < 4.78 is 18.2. The first-order valence-corrected chi connectivity index (χ1v) is 6.27. The molecule has 1 amide bonds. The van der Waals surface area contributed by atoms with E-state index in [1.165, 1.54) is 12.1 Å². The molecule has 0 radical (unpaired) electrons.